The van der Waals surface area contributed by atoms with Crippen LogP contribution in [-0.2, 0) is 0 Å². The lowest BCUT2D eigenvalue weighted by Crippen LogP contribution is -2.10. The van der Waals surface area contributed by atoms with Crippen LogP contribution in [0.5, 0.6) is 0 Å². The van der Waals surface area contributed by atoms with Gasteiger partial charge in [0, 0.05) is 0 Å². The summed E-state index contributed by atoms with van der Waals surface area (Å²) in [6, 6.07) is 10.7. The second-order valence-electron chi connectivity index (χ2n) is 3.82. The largest absolute Gasteiger partial charge is 0.403 e. The van der Waals surface area contributed by atoms with Crippen molar-refractivity contribution in [2.24, 2.45) is 0 Å². The number of aromatic nitrogens is 2. The third-order valence-electron chi connectivity index (χ3n) is 2.49. The highest BCUT2D eigenvalue weighted by atomic mass is 35.5. The molecule has 2 aromatic heterocycles. The maximum atomic E-state index is 11.8. The van der Waals surface area contributed by atoms with E-state index in [1.165, 1.54) is 11.3 Å². The van der Waals surface area contributed by atoms with Crippen LogP contribution in [0.3, 0.4) is 0 Å². The van der Waals surface area contributed by atoms with Crippen molar-refractivity contribution in [3.05, 3.63) is 51.7 Å². The minimum atomic E-state index is -0.283. The molecule has 3 aromatic rings. The monoisotopic (exact) mass is 305 g/mol. The van der Waals surface area contributed by atoms with Gasteiger partial charge in [0.1, 0.15) is 0 Å². The summed E-state index contributed by atoms with van der Waals surface area (Å²) in [7, 11) is 0. The third kappa shape index (κ3) is 2.56. The summed E-state index contributed by atoms with van der Waals surface area (Å²) in [5.74, 6) is -0.0218. The number of carbonyl (C=O) groups excluding carboxylic acids is 1. The van der Waals surface area contributed by atoms with Crippen LogP contribution in [0.1, 0.15) is 9.67 Å². The van der Waals surface area contributed by atoms with Gasteiger partial charge in [-0.3, -0.25) is 10.1 Å². The van der Waals surface area contributed by atoms with E-state index in [1.54, 1.807) is 24.3 Å². The van der Waals surface area contributed by atoms with Crippen LogP contribution in [-0.4, -0.2) is 16.1 Å². The molecule has 0 saturated heterocycles. The lowest BCUT2D eigenvalue weighted by Gasteiger charge is -1.98. The van der Waals surface area contributed by atoms with Crippen molar-refractivity contribution in [2.45, 2.75) is 0 Å². The summed E-state index contributed by atoms with van der Waals surface area (Å²) in [5.41, 5.74) is 0.623. The van der Waals surface area contributed by atoms with Gasteiger partial charge in [-0.15, -0.1) is 16.4 Å². The average molecular weight is 306 g/mol. The van der Waals surface area contributed by atoms with E-state index >= 15 is 0 Å². The first-order chi connectivity index (χ1) is 9.74. The zero-order valence-electron chi connectivity index (χ0n) is 10.0. The normalized spacial score (nSPS) is 10.4. The number of halogens is 1. The third-order valence-corrected chi connectivity index (χ3v) is 3.69. The molecule has 0 unspecified atom stereocenters. The maximum absolute atomic E-state index is 11.8. The highest BCUT2D eigenvalue weighted by Crippen LogP contribution is 2.27. The average Bonchev–Trinajstić information content (AvgIpc) is 3.10. The number of nitrogens with one attached hydrogen (secondary N) is 1. The van der Waals surface area contributed by atoms with Crippen molar-refractivity contribution in [1.82, 2.24) is 10.2 Å². The van der Waals surface area contributed by atoms with Crippen molar-refractivity contribution >= 4 is 34.9 Å². The highest BCUT2D eigenvalue weighted by molar-refractivity contribution is 7.12. The van der Waals surface area contributed by atoms with Gasteiger partial charge in [0.05, 0.1) is 15.5 Å². The van der Waals surface area contributed by atoms with E-state index in [2.05, 4.69) is 15.5 Å². The van der Waals surface area contributed by atoms with Crippen LogP contribution in [0.15, 0.2) is 46.2 Å². The van der Waals surface area contributed by atoms with E-state index in [0.29, 0.717) is 15.5 Å². The SMILES string of the molecule is O=C(Nc1nnc(-c2ccccc2Cl)o1)c1cccs1. The zero-order chi connectivity index (χ0) is 13.9. The molecule has 1 aromatic carbocycles. The fourth-order valence-electron chi connectivity index (χ4n) is 1.58. The molecule has 0 aliphatic heterocycles. The number of anilines is 1. The van der Waals surface area contributed by atoms with E-state index in [-0.39, 0.29) is 17.8 Å². The molecule has 20 heavy (non-hydrogen) atoms. The van der Waals surface area contributed by atoms with E-state index < -0.39 is 0 Å². The number of amides is 1. The smallest absolute Gasteiger partial charge is 0.322 e. The van der Waals surface area contributed by atoms with Gasteiger partial charge in [0.25, 0.3) is 11.8 Å². The number of benzene rings is 1. The number of carbonyl (C=O) groups is 1. The van der Waals surface area contributed by atoms with Gasteiger partial charge in [0.2, 0.25) is 0 Å². The molecule has 7 heteroatoms. The number of hydrogen-bond acceptors (Lipinski definition) is 5. The zero-order valence-corrected chi connectivity index (χ0v) is 11.6. The van der Waals surface area contributed by atoms with Crippen LogP contribution >= 0.6 is 22.9 Å². The van der Waals surface area contributed by atoms with Crippen LogP contribution in [0, 0.1) is 0 Å². The molecule has 0 aliphatic rings. The molecule has 0 saturated carbocycles. The van der Waals surface area contributed by atoms with Crippen molar-refractivity contribution in [3.8, 4) is 11.5 Å². The van der Waals surface area contributed by atoms with Gasteiger partial charge < -0.3 is 4.42 Å². The van der Waals surface area contributed by atoms with Gasteiger partial charge >= 0.3 is 6.01 Å². The van der Waals surface area contributed by atoms with Gasteiger partial charge in [-0.25, -0.2) is 0 Å². The van der Waals surface area contributed by atoms with Crippen molar-refractivity contribution in [1.29, 1.82) is 0 Å². The lowest BCUT2D eigenvalue weighted by atomic mass is 10.2. The Morgan fingerprint density at radius 3 is 2.80 bits per heavy atom. The summed E-state index contributed by atoms with van der Waals surface area (Å²) < 4.78 is 5.39. The number of thiophene rings is 1. The van der Waals surface area contributed by atoms with Crippen LogP contribution in [0.25, 0.3) is 11.5 Å². The second-order valence-corrected chi connectivity index (χ2v) is 5.18. The Balaban J connectivity index is 1.81. The highest BCUT2D eigenvalue weighted by Gasteiger charge is 2.14. The molecule has 1 amide bonds. The topological polar surface area (TPSA) is 68.0 Å². The second kappa shape index (κ2) is 5.44. The van der Waals surface area contributed by atoms with Crippen molar-refractivity contribution in [2.75, 3.05) is 5.32 Å². The fraction of sp³-hybridized carbons (Fsp3) is 0. The van der Waals surface area contributed by atoms with Gasteiger partial charge in [0.15, 0.2) is 0 Å². The Morgan fingerprint density at radius 2 is 2.05 bits per heavy atom. The molecule has 3 rings (SSSR count). The number of rotatable bonds is 3. The minimum absolute atomic E-state index is 0.0401. The summed E-state index contributed by atoms with van der Waals surface area (Å²) in [4.78, 5) is 12.4. The summed E-state index contributed by atoms with van der Waals surface area (Å²) >= 11 is 7.37. The molecular formula is C13H8ClN3O2S. The van der Waals surface area contributed by atoms with Gasteiger partial charge in [-0.05, 0) is 23.6 Å². The Hall–Kier alpha value is -2.18. The molecule has 0 spiro atoms. The van der Waals surface area contributed by atoms with Crippen LogP contribution in [0.4, 0.5) is 6.01 Å². The molecule has 0 aliphatic carbocycles. The molecule has 0 fully saturated rings. The number of hydrogen-bond donors (Lipinski definition) is 1. The maximum Gasteiger partial charge on any atom is 0.322 e. The molecule has 2 heterocycles. The summed E-state index contributed by atoms with van der Waals surface area (Å²) in [5, 5.41) is 12.5. The van der Waals surface area contributed by atoms with E-state index in [9.17, 15) is 4.79 Å². The molecule has 0 bridgehead atoms. The predicted molar refractivity (Wildman–Crippen MR) is 77.0 cm³/mol. The van der Waals surface area contributed by atoms with Gasteiger partial charge in [-0.2, -0.15) is 0 Å². The minimum Gasteiger partial charge on any atom is -0.403 e. The molecule has 0 atom stereocenters. The Labute approximate surface area is 123 Å². The first kappa shape index (κ1) is 12.8. The standard InChI is InChI=1S/C13H8ClN3O2S/c14-9-5-2-1-4-8(9)12-16-17-13(19-12)15-11(18)10-6-3-7-20-10/h1-7H,(H,15,17,18). The van der Waals surface area contributed by atoms with Gasteiger partial charge in [-0.1, -0.05) is 34.9 Å². The molecular weight excluding hydrogens is 298 g/mol. The number of nitrogens with zero attached hydrogens (tertiary/aromatic N) is 2. The quantitative estimate of drug-likeness (QED) is 0.801. The molecule has 1 N–H and O–H groups in total. The Kier molecular flexibility index (Phi) is 3.49. The first-order valence-electron chi connectivity index (χ1n) is 5.67. The molecule has 100 valence electrons. The fourth-order valence-corrected chi connectivity index (χ4v) is 2.42. The Bertz CT molecular complexity index is 740. The predicted octanol–water partition coefficient (Wildman–Crippen LogP) is 3.70. The van der Waals surface area contributed by atoms with Crippen molar-refractivity contribution < 1.29 is 9.21 Å². The van der Waals surface area contributed by atoms with E-state index in [4.69, 9.17) is 16.0 Å². The van der Waals surface area contributed by atoms with E-state index in [1.807, 2.05) is 17.5 Å². The van der Waals surface area contributed by atoms with Crippen LogP contribution < -0.4 is 5.32 Å². The first-order valence-corrected chi connectivity index (χ1v) is 6.93. The summed E-state index contributed by atoms with van der Waals surface area (Å²) in [6.45, 7) is 0. The van der Waals surface area contributed by atoms with E-state index in [0.717, 1.165) is 0 Å². The Morgan fingerprint density at radius 1 is 1.20 bits per heavy atom. The van der Waals surface area contributed by atoms with Crippen LogP contribution in [0.2, 0.25) is 5.02 Å². The summed E-state index contributed by atoms with van der Waals surface area (Å²) in [6.07, 6.45) is 0. The van der Waals surface area contributed by atoms with Crippen molar-refractivity contribution in [3.63, 3.8) is 0 Å². The molecule has 0 radical (unpaired) electrons. The lowest BCUT2D eigenvalue weighted by molar-refractivity contribution is 0.102. The molecule has 5 nitrogen and oxygen atoms in total.